The second-order valence-corrected chi connectivity index (χ2v) is 8.06. The molecule has 0 spiro atoms. The summed E-state index contributed by atoms with van der Waals surface area (Å²) in [6, 6.07) is 9.96. The van der Waals surface area contributed by atoms with Crippen LogP contribution in [0.25, 0.3) is 10.2 Å². The molecular formula is C22H19FN4O3S. The quantitative estimate of drug-likeness (QED) is 0.453. The minimum atomic E-state index is -0.398. The Kier molecular flexibility index (Phi) is 5.25. The first-order valence-electron chi connectivity index (χ1n) is 9.91. The number of rotatable bonds is 6. The van der Waals surface area contributed by atoms with Gasteiger partial charge in [0.1, 0.15) is 24.5 Å². The van der Waals surface area contributed by atoms with E-state index in [2.05, 4.69) is 9.97 Å². The fourth-order valence-electron chi connectivity index (χ4n) is 3.47. The van der Waals surface area contributed by atoms with Crippen LogP contribution < -0.4 is 14.4 Å². The van der Waals surface area contributed by atoms with Crippen molar-refractivity contribution in [3.63, 3.8) is 0 Å². The van der Waals surface area contributed by atoms with Gasteiger partial charge in [-0.15, -0.1) is 0 Å². The lowest BCUT2D eigenvalue weighted by atomic mass is 10.1. The van der Waals surface area contributed by atoms with E-state index >= 15 is 0 Å². The maximum Gasteiger partial charge on any atom is 0.260 e. The van der Waals surface area contributed by atoms with E-state index in [0.717, 1.165) is 0 Å². The molecule has 7 nitrogen and oxygen atoms in total. The minimum absolute atomic E-state index is 0.220. The predicted molar refractivity (Wildman–Crippen MR) is 116 cm³/mol. The highest BCUT2D eigenvalue weighted by Crippen LogP contribution is 2.34. The van der Waals surface area contributed by atoms with Crippen LogP contribution >= 0.6 is 11.3 Å². The van der Waals surface area contributed by atoms with Crippen molar-refractivity contribution in [3.05, 3.63) is 66.5 Å². The minimum Gasteiger partial charge on any atom is -0.486 e. The third-order valence-corrected chi connectivity index (χ3v) is 6.02. The number of carbonyl (C=O) groups is 1. The van der Waals surface area contributed by atoms with Gasteiger partial charge in [-0.2, -0.15) is 0 Å². The summed E-state index contributed by atoms with van der Waals surface area (Å²) >= 11 is 1.30. The number of imidazole rings is 1. The van der Waals surface area contributed by atoms with Gasteiger partial charge in [0.25, 0.3) is 5.91 Å². The topological polar surface area (TPSA) is 69.5 Å². The molecule has 0 aliphatic carbocycles. The molecule has 5 rings (SSSR count). The summed E-state index contributed by atoms with van der Waals surface area (Å²) in [5.74, 6) is 0.550. The van der Waals surface area contributed by atoms with E-state index < -0.39 is 5.82 Å². The molecule has 1 aliphatic heterocycles. The number of ether oxygens (including phenoxy) is 2. The Bertz CT molecular complexity index is 1220. The van der Waals surface area contributed by atoms with Crippen molar-refractivity contribution in [2.24, 2.45) is 0 Å². The van der Waals surface area contributed by atoms with Crippen LogP contribution in [-0.4, -0.2) is 40.2 Å². The number of anilines is 1. The molecular weight excluding hydrogens is 419 g/mol. The number of aryl methyl sites for hydroxylation is 1. The van der Waals surface area contributed by atoms with Crippen LogP contribution in [0.3, 0.4) is 0 Å². The fraction of sp³-hybridized carbons (Fsp3) is 0.227. The van der Waals surface area contributed by atoms with Crippen LogP contribution in [0.5, 0.6) is 11.5 Å². The number of aromatic nitrogens is 3. The first-order valence-corrected chi connectivity index (χ1v) is 10.7. The molecule has 2 aromatic carbocycles. The number of amides is 1. The van der Waals surface area contributed by atoms with Gasteiger partial charge in [-0.3, -0.25) is 9.69 Å². The molecule has 0 radical (unpaired) electrons. The van der Waals surface area contributed by atoms with Gasteiger partial charge in [0.2, 0.25) is 0 Å². The van der Waals surface area contributed by atoms with Crippen molar-refractivity contribution in [2.75, 3.05) is 24.7 Å². The van der Waals surface area contributed by atoms with E-state index in [1.165, 1.54) is 17.4 Å². The Morgan fingerprint density at radius 3 is 2.87 bits per heavy atom. The molecule has 9 heteroatoms. The first kappa shape index (κ1) is 19.5. The summed E-state index contributed by atoms with van der Waals surface area (Å²) in [6.07, 6.45) is 6.01. The van der Waals surface area contributed by atoms with Crippen molar-refractivity contribution >= 4 is 32.6 Å². The summed E-state index contributed by atoms with van der Waals surface area (Å²) in [7, 11) is 0. The van der Waals surface area contributed by atoms with E-state index in [1.807, 2.05) is 10.8 Å². The fourth-order valence-corrected chi connectivity index (χ4v) is 4.47. The largest absolute Gasteiger partial charge is 0.486 e. The lowest BCUT2D eigenvalue weighted by Crippen LogP contribution is -2.32. The smallest absolute Gasteiger partial charge is 0.260 e. The highest BCUT2D eigenvalue weighted by molar-refractivity contribution is 7.22. The predicted octanol–water partition coefficient (Wildman–Crippen LogP) is 4.14. The highest BCUT2D eigenvalue weighted by Gasteiger charge is 2.24. The van der Waals surface area contributed by atoms with Gasteiger partial charge in [0.05, 0.1) is 11.0 Å². The van der Waals surface area contributed by atoms with Crippen LogP contribution in [0.2, 0.25) is 0 Å². The third kappa shape index (κ3) is 3.96. The molecule has 0 unspecified atom stereocenters. The number of hydrogen-bond donors (Lipinski definition) is 0. The zero-order chi connectivity index (χ0) is 21.2. The third-order valence-electron chi connectivity index (χ3n) is 4.98. The molecule has 0 atom stereocenters. The summed E-state index contributed by atoms with van der Waals surface area (Å²) in [6.45, 7) is 2.05. The van der Waals surface area contributed by atoms with E-state index in [9.17, 15) is 9.18 Å². The molecule has 4 aromatic rings. The Morgan fingerprint density at radius 2 is 2.06 bits per heavy atom. The normalized spacial score (nSPS) is 12.8. The van der Waals surface area contributed by atoms with Gasteiger partial charge >= 0.3 is 0 Å². The molecule has 1 amide bonds. The zero-order valence-corrected chi connectivity index (χ0v) is 17.3. The summed E-state index contributed by atoms with van der Waals surface area (Å²) in [5.41, 5.74) is 0.740. The standard InChI is InChI=1S/C22H19FN4O3S/c23-16-3-1-4-19-20(16)25-22(31-19)27(9-2-8-26-10-7-24-14-26)21(28)15-5-6-17-18(13-15)30-12-11-29-17/h1,3-7,10,13-14H,2,8-9,11-12H2. The average molecular weight is 438 g/mol. The van der Waals surface area contributed by atoms with Crippen molar-refractivity contribution in [1.82, 2.24) is 14.5 Å². The van der Waals surface area contributed by atoms with Crippen molar-refractivity contribution < 1.29 is 18.7 Å². The lowest BCUT2D eigenvalue weighted by molar-refractivity contribution is 0.0985. The second kappa shape index (κ2) is 8.35. The van der Waals surface area contributed by atoms with Gasteiger partial charge in [0.15, 0.2) is 16.6 Å². The molecule has 1 aliphatic rings. The van der Waals surface area contributed by atoms with Gasteiger partial charge in [-0.05, 0) is 36.8 Å². The number of nitrogens with zero attached hydrogens (tertiary/aromatic N) is 4. The van der Waals surface area contributed by atoms with Gasteiger partial charge in [0, 0.05) is 31.0 Å². The molecule has 2 aromatic heterocycles. The molecule has 0 bridgehead atoms. The summed E-state index contributed by atoms with van der Waals surface area (Å²) in [5, 5.41) is 0.464. The van der Waals surface area contributed by atoms with Crippen LogP contribution in [0.4, 0.5) is 9.52 Å². The summed E-state index contributed by atoms with van der Waals surface area (Å²) < 4.78 is 28.0. The average Bonchev–Trinajstić information content (AvgIpc) is 3.46. The second-order valence-electron chi connectivity index (χ2n) is 7.05. The molecule has 158 valence electrons. The number of fused-ring (bicyclic) bond motifs is 2. The molecule has 0 saturated carbocycles. The van der Waals surface area contributed by atoms with E-state index in [-0.39, 0.29) is 11.4 Å². The number of benzene rings is 2. The maximum atomic E-state index is 14.2. The Balaban J connectivity index is 1.46. The maximum absolute atomic E-state index is 14.2. The number of carbonyl (C=O) groups excluding carboxylic acids is 1. The lowest BCUT2D eigenvalue weighted by Gasteiger charge is -2.22. The number of hydrogen-bond acceptors (Lipinski definition) is 6. The number of halogens is 1. The Labute approximate surface area is 181 Å². The number of para-hydroxylation sites is 1. The zero-order valence-electron chi connectivity index (χ0n) is 16.5. The van der Waals surface area contributed by atoms with E-state index in [4.69, 9.17) is 9.47 Å². The van der Waals surface area contributed by atoms with E-state index in [0.29, 0.717) is 59.6 Å². The van der Waals surface area contributed by atoms with Crippen LogP contribution in [0.1, 0.15) is 16.8 Å². The molecule has 0 N–H and O–H groups in total. The van der Waals surface area contributed by atoms with Gasteiger partial charge < -0.3 is 14.0 Å². The van der Waals surface area contributed by atoms with Gasteiger partial charge in [-0.1, -0.05) is 17.4 Å². The molecule has 0 fully saturated rings. The molecule has 31 heavy (non-hydrogen) atoms. The van der Waals surface area contributed by atoms with Crippen LogP contribution in [-0.2, 0) is 6.54 Å². The van der Waals surface area contributed by atoms with Crippen molar-refractivity contribution in [1.29, 1.82) is 0 Å². The SMILES string of the molecule is O=C(c1ccc2c(c1)OCCO2)N(CCCn1ccnc1)c1nc2c(F)cccc2s1. The van der Waals surface area contributed by atoms with E-state index in [1.54, 1.807) is 47.8 Å². The molecule has 3 heterocycles. The monoisotopic (exact) mass is 438 g/mol. The number of thiazole rings is 1. The summed E-state index contributed by atoms with van der Waals surface area (Å²) in [4.78, 5) is 23.6. The molecule has 0 saturated heterocycles. The van der Waals surface area contributed by atoms with Crippen LogP contribution in [0, 0.1) is 5.82 Å². The van der Waals surface area contributed by atoms with Crippen molar-refractivity contribution in [3.8, 4) is 11.5 Å². The first-order chi connectivity index (χ1) is 15.2. The highest BCUT2D eigenvalue weighted by atomic mass is 32.1. The van der Waals surface area contributed by atoms with Crippen molar-refractivity contribution in [2.45, 2.75) is 13.0 Å². The van der Waals surface area contributed by atoms with Crippen LogP contribution in [0.15, 0.2) is 55.1 Å². The van der Waals surface area contributed by atoms with Gasteiger partial charge in [-0.25, -0.2) is 14.4 Å². The Morgan fingerprint density at radius 1 is 1.19 bits per heavy atom. The Hall–Kier alpha value is -3.46.